The lowest BCUT2D eigenvalue weighted by Crippen LogP contribution is -2.43. The zero-order valence-corrected chi connectivity index (χ0v) is 16.9. The molecule has 0 aliphatic heterocycles. The Morgan fingerprint density at radius 3 is 2.58 bits per heavy atom. The SMILES string of the molecule is CSC(C)=NOC(=O)[N+](C)(Cc1ccccc1)SCCNCCC(=O)O. The van der Waals surface area contributed by atoms with Crippen molar-refractivity contribution < 1.29 is 23.4 Å². The number of amides is 1. The van der Waals surface area contributed by atoms with E-state index < -0.39 is 12.1 Å². The molecule has 1 unspecified atom stereocenters. The summed E-state index contributed by atoms with van der Waals surface area (Å²) in [6, 6.07) is 9.72. The van der Waals surface area contributed by atoms with Gasteiger partial charge in [-0.15, -0.1) is 11.8 Å². The van der Waals surface area contributed by atoms with Crippen LogP contribution in [0.5, 0.6) is 0 Å². The first-order valence-corrected chi connectivity index (χ1v) is 10.3. The summed E-state index contributed by atoms with van der Waals surface area (Å²) in [7, 11) is 1.79. The minimum Gasteiger partial charge on any atom is -0.481 e. The van der Waals surface area contributed by atoms with Gasteiger partial charge in [-0.1, -0.05) is 35.5 Å². The summed E-state index contributed by atoms with van der Waals surface area (Å²) in [5.74, 6) is -0.205. The number of oxime groups is 1. The maximum absolute atomic E-state index is 12.6. The van der Waals surface area contributed by atoms with E-state index in [4.69, 9.17) is 9.94 Å². The number of carbonyl (C=O) groups is 2. The fourth-order valence-electron chi connectivity index (χ4n) is 1.96. The highest BCUT2D eigenvalue weighted by Gasteiger charge is 2.37. The van der Waals surface area contributed by atoms with Crippen LogP contribution in [0.3, 0.4) is 0 Å². The largest absolute Gasteiger partial charge is 0.554 e. The Labute approximate surface area is 162 Å². The number of rotatable bonds is 10. The highest BCUT2D eigenvalue weighted by atomic mass is 32.2. The number of thioether (sulfide) groups is 1. The molecule has 0 heterocycles. The number of quaternary nitrogens is 1. The molecule has 0 saturated carbocycles. The number of benzene rings is 1. The molecule has 0 bridgehead atoms. The maximum Gasteiger partial charge on any atom is 0.554 e. The van der Waals surface area contributed by atoms with Gasteiger partial charge in [-0.2, -0.15) is 8.68 Å². The van der Waals surface area contributed by atoms with E-state index >= 15 is 0 Å². The summed E-state index contributed by atoms with van der Waals surface area (Å²) in [6.07, 6.45) is 1.49. The Bertz CT molecular complexity index is 613. The van der Waals surface area contributed by atoms with Gasteiger partial charge in [0.05, 0.1) is 31.2 Å². The van der Waals surface area contributed by atoms with Gasteiger partial charge in [-0.05, 0) is 13.2 Å². The lowest BCUT2D eigenvalue weighted by atomic mass is 10.2. The van der Waals surface area contributed by atoms with Crippen LogP contribution < -0.4 is 5.32 Å². The number of hydrogen-bond acceptors (Lipinski definition) is 7. The molecular formula is C17H26N3O4S2+. The molecule has 2 N–H and O–H groups in total. The molecule has 0 aliphatic rings. The second kappa shape index (κ2) is 11.9. The fourth-order valence-corrected chi connectivity index (χ4v) is 3.09. The standard InChI is InChI=1S/C17H25N3O4S2/c1-14(25-3)19-24-17(23)20(2,13-15-7-5-4-6-8-15)26-12-11-18-10-9-16(21)22/h4-8,18H,9-13H2,1-3H3/p+1. The van der Waals surface area contributed by atoms with Gasteiger partial charge in [0.25, 0.3) is 0 Å². The topological polar surface area (TPSA) is 88.0 Å². The molecule has 1 amide bonds. The van der Waals surface area contributed by atoms with Gasteiger partial charge in [0, 0.05) is 18.7 Å². The second-order valence-electron chi connectivity index (χ2n) is 5.64. The molecule has 1 aromatic rings. The summed E-state index contributed by atoms with van der Waals surface area (Å²) in [5.41, 5.74) is 1.02. The van der Waals surface area contributed by atoms with E-state index in [-0.39, 0.29) is 10.3 Å². The number of carboxylic acids is 1. The molecule has 0 aromatic heterocycles. The molecule has 1 rings (SSSR count). The molecule has 1 aromatic carbocycles. The zero-order valence-electron chi connectivity index (χ0n) is 15.3. The molecule has 0 aliphatic carbocycles. The van der Waals surface area contributed by atoms with Crippen LogP contribution in [0.15, 0.2) is 35.5 Å². The van der Waals surface area contributed by atoms with Gasteiger partial charge < -0.3 is 10.4 Å². The van der Waals surface area contributed by atoms with E-state index in [2.05, 4.69) is 10.5 Å². The van der Waals surface area contributed by atoms with Crippen LogP contribution in [0.4, 0.5) is 4.79 Å². The van der Waals surface area contributed by atoms with Gasteiger partial charge in [-0.3, -0.25) is 9.63 Å². The minimum absolute atomic E-state index is 0.0181. The lowest BCUT2D eigenvalue weighted by Gasteiger charge is -2.26. The molecule has 0 spiro atoms. The Morgan fingerprint density at radius 2 is 1.96 bits per heavy atom. The van der Waals surface area contributed by atoms with Crippen molar-refractivity contribution in [2.75, 3.05) is 32.1 Å². The van der Waals surface area contributed by atoms with Crippen LogP contribution in [-0.4, -0.2) is 58.2 Å². The van der Waals surface area contributed by atoms with Crippen molar-refractivity contribution in [1.29, 1.82) is 0 Å². The molecule has 0 saturated heterocycles. The summed E-state index contributed by atoms with van der Waals surface area (Å²) in [6.45, 7) is 3.24. The number of nitrogens with one attached hydrogen (secondary N) is 1. The van der Waals surface area contributed by atoms with Crippen molar-refractivity contribution in [3.8, 4) is 0 Å². The molecule has 9 heteroatoms. The van der Waals surface area contributed by atoms with Crippen LogP contribution in [-0.2, 0) is 16.2 Å². The van der Waals surface area contributed by atoms with Gasteiger partial charge in [-0.25, -0.2) is 0 Å². The minimum atomic E-state index is -0.833. The Morgan fingerprint density at radius 1 is 1.27 bits per heavy atom. The molecule has 26 heavy (non-hydrogen) atoms. The Hall–Kier alpha value is -1.55. The highest BCUT2D eigenvalue weighted by Crippen LogP contribution is 2.26. The molecule has 144 valence electrons. The number of aliphatic carboxylic acids is 1. The fraction of sp³-hybridized carbons (Fsp3) is 0.471. The van der Waals surface area contributed by atoms with Crippen molar-refractivity contribution in [3.05, 3.63) is 35.9 Å². The summed E-state index contributed by atoms with van der Waals surface area (Å²) >= 11 is 2.83. The smallest absolute Gasteiger partial charge is 0.481 e. The molecule has 0 fully saturated rings. The normalized spacial score (nSPS) is 13.9. The first-order chi connectivity index (χ1) is 12.4. The van der Waals surface area contributed by atoms with E-state index in [1.165, 1.54) is 23.7 Å². The van der Waals surface area contributed by atoms with Crippen molar-refractivity contribution in [2.45, 2.75) is 19.9 Å². The highest BCUT2D eigenvalue weighted by molar-refractivity contribution is 8.13. The third-order valence-electron chi connectivity index (χ3n) is 3.43. The Kier molecular flexibility index (Phi) is 10.3. The summed E-state index contributed by atoms with van der Waals surface area (Å²) < 4.78 is -0.0181. The van der Waals surface area contributed by atoms with Gasteiger partial charge in [0.2, 0.25) is 0 Å². The van der Waals surface area contributed by atoms with E-state index in [0.717, 1.165) is 5.56 Å². The van der Waals surface area contributed by atoms with Crippen LogP contribution in [0.1, 0.15) is 18.9 Å². The average molecular weight is 401 g/mol. The Balaban J connectivity index is 2.68. The average Bonchev–Trinajstić information content (AvgIpc) is 2.62. The van der Waals surface area contributed by atoms with Crippen molar-refractivity contribution in [2.24, 2.45) is 5.16 Å². The third-order valence-corrected chi connectivity index (χ3v) is 5.33. The monoisotopic (exact) mass is 400 g/mol. The maximum atomic E-state index is 12.6. The van der Waals surface area contributed by atoms with Crippen LogP contribution >= 0.6 is 23.7 Å². The predicted octanol–water partition coefficient (Wildman–Crippen LogP) is 3.18. The van der Waals surface area contributed by atoms with Crippen molar-refractivity contribution in [1.82, 2.24) is 5.32 Å². The van der Waals surface area contributed by atoms with E-state index in [9.17, 15) is 9.59 Å². The number of carboxylic acid groups (broad SMARTS) is 1. The van der Waals surface area contributed by atoms with E-state index in [1.54, 1.807) is 14.0 Å². The second-order valence-corrected chi connectivity index (χ2v) is 8.11. The molecule has 1 atom stereocenters. The number of carbonyl (C=O) groups excluding carboxylic acids is 1. The van der Waals surface area contributed by atoms with Crippen LogP contribution in [0, 0.1) is 0 Å². The van der Waals surface area contributed by atoms with Gasteiger partial charge in [0.15, 0.2) is 0 Å². The van der Waals surface area contributed by atoms with Gasteiger partial charge >= 0.3 is 12.1 Å². The zero-order chi connectivity index (χ0) is 19.4. The summed E-state index contributed by atoms with van der Waals surface area (Å²) in [4.78, 5) is 28.2. The molecular weight excluding hydrogens is 374 g/mol. The number of hydrogen-bond donors (Lipinski definition) is 2. The third kappa shape index (κ3) is 8.70. The van der Waals surface area contributed by atoms with Crippen LogP contribution in [0.25, 0.3) is 0 Å². The molecule has 0 radical (unpaired) electrons. The first-order valence-electron chi connectivity index (χ1n) is 8.14. The quantitative estimate of drug-likeness (QED) is 0.119. The summed E-state index contributed by atoms with van der Waals surface area (Å²) in [5, 5.41) is 16.2. The predicted molar refractivity (Wildman–Crippen MR) is 107 cm³/mol. The molecule has 7 nitrogen and oxygen atoms in total. The first kappa shape index (κ1) is 22.5. The van der Waals surface area contributed by atoms with Crippen molar-refractivity contribution in [3.63, 3.8) is 0 Å². The number of nitrogens with zero attached hydrogens (tertiary/aromatic N) is 2. The van der Waals surface area contributed by atoms with Crippen LogP contribution in [0.2, 0.25) is 0 Å². The van der Waals surface area contributed by atoms with E-state index in [1.807, 2.05) is 36.6 Å². The van der Waals surface area contributed by atoms with E-state index in [0.29, 0.717) is 30.4 Å². The van der Waals surface area contributed by atoms with Crippen molar-refractivity contribution >= 4 is 40.8 Å². The lowest BCUT2D eigenvalue weighted by molar-refractivity contribution is -0.711. The van der Waals surface area contributed by atoms with Gasteiger partial charge in [0.1, 0.15) is 11.6 Å².